The van der Waals surface area contributed by atoms with Gasteiger partial charge in [-0.3, -0.25) is 19.3 Å². The molecule has 1 heterocycles. The highest BCUT2D eigenvalue weighted by atomic mass is 32.2. The lowest BCUT2D eigenvalue weighted by Crippen LogP contribution is -2.29. The summed E-state index contributed by atoms with van der Waals surface area (Å²) in [7, 11) is 0. The Morgan fingerprint density at radius 1 is 0.897 bits per heavy atom. The zero-order valence-corrected chi connectivity index (χ0v) is 16.5. The van der Waals surface area contributed by atoms with Gasteiger partial charge in [0.05, 0.1) is 17.0 Å². The van der Waals surface area contributed by atoms with Crippen LogP contribution in [-0.4, -0.2) is 28.5 Å². The smallest absolute Gasteiger partial charge is 0.262 e. The van der Waals surface area contributed by atoms with Crippen LogP contribution in [0.4, 0.5) is 5.69 Å². The molecular formula is C23H18N2O3S. The summed E-state index contributed by atoms with van der Waals surface area (Å²) < 4.78 is 0. The number of thioether (sulfide) groups is 1. The molecule has 3 amide bonds. The van der Waals surface area contributed by atoms with E-state index in [-0.39, 0.29) is 23.6 Å². The van der Waals surface area contributed by atoms with Crippen LogP contribution < -0.4 is 5.32 Å². The molecule has 144 valence electrons. The third-order valence-electron chi connectivity index (χ3n) is 4.72. The van der Waals surface area contributed by atoms with Crippen LogP contribution in [0.1, 0.15) is 36.6 Å². The summed E-state index contributed by atoms with van der Waals surface area (Å²) in [5, 5.41) is 2.90. The molecule has 1 aliphatic rings. The number of benzene rings is 3. The van der Waals surface area contributed by atoms with E-state index in [1.807, 2.05) is 49.4 Å². The molecule has 0 radical (unpaired) electrons. The first-order valence-corrected chi connectivity index (χ1v) is 10.1. The Kier molecular flexibility index (Phi) is 5.18. The van der Waals surface area contributed by atoms with Crippen molar-refractivity contribution in [3.05, 3.63) is 95.1 Å². The molecule has 0 saturated heterocycles. The number of nitrogens with one attached hydrogen (secondary N) is 1. The highest BCUT2D eigenvalue weighted by molar-refractivity contribution is 7.99. The van der Waals surface area contributed by atoms with Crippen molar-refractivity contribution in [3.8, 4) is 0 Å². The topological polar surface area (TPSA) is 66.5 Å². The molecule has 29 heavy (non-hydrogen) atoms. The minimum Gasteiger partial charge on any atom is -0.322 e. The fraction of sp³-hybridized carbons (Fsp3) is 0.0870. The summed E-state index contributed by atoms with van der Waals surface area (Å²) in [6.45, 7) is 1.89. The first kappa shape index (κ1) is 19.0. The van der Waals surface area contributed by atoms with Gasteiger partial charge in [0.2, 0.25) is 0 Å². The molecule has 0 aliphatic carbocycles. The van der Waals surface area contributed by atoms with Gasteiger partial charge in [-0.25, -0.2) is 0 Å². The molecule has 0 fully saturated rings. The summed E-state index contributed by atoms with van der Waals surface area (Å²) in [6, 6.07) is 21.6. The Morgan fingerprint density at radius 2 is 1.55 bits per heavy atom. The number of aryl methyl sites for hydroxylation is 1. The van der Waals surface area contributed by atoms with Crippen LogP contribution in [0, 0.1) is 6.92 Å². The van der Waals surface area contributed by atoms with Gasteiger partial charge in [0.15, 0.2) is 0 Å². The van der Waals surface area contributed by atoms with E-state index in [4.69, 9.17) is 0 Å². The molecule has 5 nitrogen and oxygen atoms in total. The molecule has 0 spiro atoms. The normalized spacial score (nSPS) is 12.8. The number of carbonyl (C=O) groups is 3. The van der Waals surface area contributed by atoms with Gasteiger partial charge in [0.1, 0.15) is 0 Å². The molecule has 3 aromatic rings. The number of nitrogens with zero attached hydrogens (tertiary/aromatic N) is 1. The summed E-state index contributed by atoms with van der Waals surface area (Å²) in [5.74, 6) is -0.517. The first-order chi connectivity index (χ1) is 14.0. The van der Waals surface area contributed by atoms with Crippen molar-refractivity contribution >= 4 is 35.2 Å². The van der Waals surface area contributed by atoms with Gasteiger partial charge in [0.25, 0.3) is 17.7 Å². The maximum absolute atomic E-state index is 12.5. The van der Waals surface area contributed by atoms with Crippen LogP contribution in [0.3, 0.4) is 0 Å². The second kappa shape index (κ2) is 7.93. The average molecular weight is 402 g/mol. The molecule has 4 rings (SSSR count). The Morgan fingerprint density at radius 3 is 2.24 bits per heavy atom. The molecule has 0 aromatic heterocycles. The molecule has 3 aromatic carbocycles. The second-order valence-corrected chi connectivity index (χ2v) is 7.67. The number of carbonyl (C=O) groups excluding carboxylic acids is 3. The maximum Gasteiger partial charge on any atom is 0.262 e. The van der Waals surface area contributed by atoms with Crippen LogP contribution in [-0.2, 0) is 0 Å². The van der Waals surface area contributed by atoms with Crippen molar-refractivity contribution in [2.45, 2.75) is 11.8 Å². The Hall–Kier alpha value is -3.38. The zero-order chi connectivity index (χ0) is 20.4. The van der Waals surface area contributed by atoms with Gasteiger partial charge >= 0.3 is 0 Å². The molecule has 1 N–H and O–H groups in total. The summed E-state index contributed by atoms with van der Waals surface area (Å²) in [6.07, 6.45) is 0. The molecule has 6 heteroatoms. The largest absolute Gasteiger partial charge is 0.322 e. The number of imide groups is 1. The van der Waals surface area contributed by atoms with Crippen molar-refractivity contribution in [1.29, 1.82) is 0 Å². The van der Waals surface area contributed by atoms with Crippen molar-refractivity contribution in [1.82, 2.24) is 4.90 Å². The number of fused-ring (bicyclic) bond motifs is 1. The fourth-order valence-corrected chi connectivity index (χ4v) is 4.08. The third kappa shape index (κ3) is 3.79. The molecule has 1 aliphatic heterocycles. The average Bonchev–Trinajstić information content (AvgIpc) is 2.97. The van der Waals surface area contributed by atoms with Crippen molar-refractivity contribution in [2.24, 2.45) is 0 Å². The van der Waals surface area contributed by atoms with Crippen LogP contribution in [0.15, 0.2) is 77.7 Å². The van der Waals surface area contributed by atoms with Gasteiger partial charge < -0.3 is 5.32 Å². The summed E-state index contributed by atoms with van der Waals surface area (Å²) >= 11 is 1.37. The fourth-order valence-electron chi connectivity index (χ4n) is 3.19. The highest BCUT2D eigenvalue weighted by Crippen LogP contribution is 2.28. The van der Waals surface area contributed by atoms with E-state index >= 15 is 0 Å². The molecular weight excluding hydrogens is 384 g/mol. The summed E-state index contributed by atoms with van der Waals surface area (Å²) in [5.41, 5.74) is 3.07. The van der Waals surface area contributed by atoms with Crippen LogP contribution in [0.2, 0.25) is 0 Å². The van der Waals surface area contributed by atoms with Gasteiger partial charge in [-0.15, -0.1) is 11.8 Å². The molecule has 0 bridgehead atoms. The van der Waals surface area contributed by atoms with Crippen LogP contribution in [0.5, 0.6) is 0 Å². The van der Waals surface area contributed by atoms with Gasteiger partial charge in [-0.2, -0.15) is 0 Å². The van der Waals surface area contributed by atoms with Crippen molar-refractivity contribution in [2.75, 3.05) is 11.2 Å². The predicted molar refractivity (Wildman–Crippen MR) is 113 cm³/mol. The van der Waals surface area contributed by atoms with E-state index in [0.29, 0.717) is 22.4 Å². The quantitative estimate of drug-likeness (QED) is 0.501. The first-order valence-electron chi connectivity index (χ1n) is 9.09. The Bertz CT molecular complexity index is 1090. The predicted octanol–water partition coefficient (Wildman–Crippen LogP) is 4.59. The highest BCUT2D eigenvalue weighted by Gasteiger charge is 2.34. The Balaban J connectivity index is 1.44. The van der Waals surface area contributed by atoms with E-state index in [9.17, 15) is 14.4 Å². The van der Waals surface area contributed by atoms with E-state index in [2.05, 4.69) is 5.32 Å². The minimum atomic E-state index is -0.276. The van der Waals surface area contributed by atoms with E-state index in [0.717, 1.165) is 10.5 Å². The maximum atomic E-state index is 12.5. The summed E-state index contributed by atoms with van der Waals surface area (Å²) in [4.78, 5) is 39.5. The number of anilines is 1. The number of hydrogen-bond acceptors (Lipinski definition) is 4. The lowest BCUT2D eigenvalue weighted by molar-refractivity contribution is 0.0683. The standard InChI is InChI=1S/C23H18N2O3S/c1-15-7-2-3-10-18(15)21(26)24-16-8-6-9-17(13-16)29-14-25-22(27)19-11-4-5-12-20(19)23(25)28/h2-13H,14H2,1H3,(H,24,26). The van der Waals surface area contributed by atoms with Crippen molar-refractivity contribution in [3.63, 3.8) is 0 Å². The van der Waals surface area contributed by atoms with Crippen LogP contribution in [0.25, 0.3) is 0 Å². The van der Waals surface area contributed by atoms with Crippen LogP contribution >= 0.6 is 11.8 Å². The zero-order valence-electron chi connectivity index (χ0n) is 15.7. The number of hydrogen-bond donors (Lipinski definition) is 1. The monoisotopic (exact) mass is 402 g/mol. The molecule has 0 atom stereocenters. The van der Waals surface area contributed by atoms with E-state index in [1.54, 1.807) is 30.3 Å². The van der Waals surface area contributed by atoms with Gasteiger partial charge in [-0.05, 0) is 48.9 Å². The SMILES string of the molecule is Cc1ccccc1C(=O)Nc1cccc(SCN2C(=O)c3ccccc3C2=O)c1. The lowest BCUT2D eigenvalue weighted by Gasteiger charge is -2.14. The van der Waals surface area contributed by atoms with Crippen molar-refractivity contribution < 1.29 is 14.4 Å². The van der Waals surface area contributed by atoms with Gasteiger partial charge in [-0.1, -0.05) is 36.4 Å². The van der Waals surface area contributed by atoms with E-state index < -0.39 is 0 Å². The third-order valence-corrected chi connectivity index (χ3v) is 5.69. The van der Waals surface area contributed by atoms with E-state index in [1.165, 1.54) is 16.7 Å². The lowest BCUT2D eigenvalue weighted by atomic mass is 10.1. The molecule has 0 saturated carbocycles. The number of amides is 3. The Labute approximate surface area is 172 Å². The second-order valence-electron chi connectivity index (χ2n) is 6.65. The molecule has 0 unspecified atom stereocenters. The number of rotatable bonds is 5. The van der Waals surface area contributed by atoms with Gasteiger partial charge in [0, 0.05) is 16.1 Å². The minimum absolute atomic E-state index is 0.175.